The number of nitrogens with one attached hydrogen (secondary N) is 1. The fourth-order valence-corrected chi connectivity index (χ4v) is 4.04. The van der Waals surface area contributed by atoms with E-state index in [9.17, 15) is 4.79 Å². The lowest BCUT2D eigenvalue weighted by molar-refractivity contribution is -0.154. The van der Waals surface area contributed by atoms with E-state index in [0.29, 0.717) is 13.0 Å². The van der Waals surface area contributed by atoms with Gasteiger partial charge in [-0.25, -0.2) is 4.79 Å². The summed E-state index contributed by atoms with van der Waals surface area (Å²) in [6.45, 7) is 7.18. The summed E-state index contributed by atoms with van der Waals surface area (Å²) in [5, 5.41) is 3.50. The molecule has 3 rings (SSSR count). The van der Waals surface area contributed by atoms with E-state index >= 15 is 0 Å². The van der Waals surface area contributed by atoms with E-state index in [0.717, 1.165) is 55.9 Å². The van der Waals surface area contributed by atoms with Gasteiger partial charge in [-0.1, -0.05) is 37.6 Å². The van der Waals surface area contributed by atoms with Crippen molar-refractivity contribution in [3.05, 3.63) is 54.1 Å². The molecule has 1 heterocycles. The summed E-state index contributed by atoms with van der Waals surface area (Å²) in [7, 11) is 1.54. The van der Waals surface area contributed by atoms with Gasteiger partial charge in [-0.05, 0) is 49.6 Å². The monoisotopic (exact) mass is 440 g/mol. The van der Waals surface area contributed by atoms with Crippen LogP contribution in [0.2, 0.25) is 0 Å². The summed E-state index contributed by atoms with van der Waals surface area (Å²) in [5.74, 6) is 0.681. The van der Waals surface area contributed by atoms with Crippen LogP contribution in [0.15, 0.2) is 48.5 Å². The zero-order chi connectivity index (χ0) is 22.8. The molecule has 1 N–H and O–H groups in total. The highest BCUT2D eigenvalue weighted by Gasteiger charge is 2.24. The fourth-order valence-electron chi connectivity index (χ4n) is 4.04. The van der Waals surface area contributed by atoms with E-state index < -0.39 is 6.10 Å². The molecule has 0 aromatic heterocycles. The fraction of sp³-hybridized carbons (Fsp3) is 0.500. The third kappa shape index (κ3) is 6.63. The molecule has 0 radical (unpaired) electrons. The van der Waals surface area contributed by atoms with Gasteiger partial charge in [-0.2, -0.15) is 0 Å². The summed E-state index contributed by atoms with van der Waals surface area (Å²) in [5.41, 5.74) is 3.31. The van der Waals surface area contributed by atoms with Crippen LogP contribution in [0.3, 0.4) is 0 Å². The van der Waals surface area contributed by atoms with Gasteiger partial charge in [0, 0.05) is 32.3 Å². The maximum Gasteiger partial charge on any atom is 0.335 e. The van der Waals surface area contributed by atoms with Crippen LogP contribution in [0.4, 0.5) is 11.4 Å². The molecule has 1 aliphatic rings. The minimum absolute atomic E-state index is 0.265. The highest BCUT2D eigenvalue weighted by molar-refractivity contribution is 5.75. The first-order valence-corrected chi connectivity index (χ1v) is 11.7. The molecule has 2 unspecified atom stereocenters. The average Bonchev–Trinajstić information content (AvgIpc) is 2.81. The molecule has 6 heteroatoms. The first-order chi connectivity index (χ1) is 15.6. The number of carbonyl (C=O) groups is 1. The Morgan fingerprint density at radius 1 is 1.19 bits per heavy atom. The van der Waals surface area contributed by atoms with Crippen molar-refractivity contribution in [3.63, 3.8) is 0 Å². The van der Waals surface area contributed by atoms with Crippen molar-refractivity contribution in [1.82, 2.24) is 0 Å². The quantitative estimate of drug-likeness (QED) is 0.382. The lowest BCUT2D eigenvalue weighted by Crippen LogP contribution is -2.40. The second-order valence-electron chi connectivity index (χ2n) is 8.10. The number of hydrogen-bond acceptors (Lipinski definition) is 6. The Balaban J connectivity index is 1.47. The molecule has 0 saturated heterocycles. The van der Waals surface area contributed by atoms with Crippen molar-refractivity contribution in [2.45, 2.75) is 51.7 Å². The van der Waals surface area contributed by atoms with E-state index in [2.05, 4.69) is 47.5 Å². The molecule has 2 aromatic rings. The molecule has 1 aliphatic heterocycles. The smallest absolute Gasteiger partial charge is 0.335 e. The van der Waals surface area contributed by atoms with Crippen LogP contribution in [0.1, 0.15) is 38.7 Å². The SMILES string of the molecule is CCCC1CN(CCCNc2ccc(CC(OC)C(=O)OCC)cc2)c2ccccc2O1. The molecule has 0 bridgehead atoms. The number of esters is 1. The minimum Gasteiger partial charge on any atom is -0.486 e. The van der Waals surface area contributed by atoms with Crippen LogP contribution in [0, 0.1) is 0 Å². The highest BCUT2D eigenvalue weighted by atomic mass is 16.6. The number of nitrogens with zero attached hydrogens (tertiary/aromatic N) is 1. The number of para-hydroxylation sites is 2. The molecule has 2 atom stereocenters. The van der Waals surface area contributed by atoms with Crippen molar-refractivity contribution < 1.29 is 19.0 Å². The van der Waals surface area contributed by atoms with Crippen molar-refractivity contribution in [1.29, 1.82) is 0 Å². The summed E-state index contributed by atoms with van der Waals surface area (Å²) < 4.78 is 16.5. The molecule has 0 aliphatic carbocycles. The van der Waals surface area contributed by atoms with Gasteiger partial charge in [0.1, 0.15) is 11.9 Å². The number of hydrogen-bond donors (Lipinski definition) is 1. The molecule has 0 fully saturated rings. The van der Waals surface area contributed by atoms with Crippen LogP contribution in [-0.4, -0.2) is 51.5 Å². The predicted molar refractivity (Wildman–Crippen MR) is 129 cm³/mol. The number of fused-ring (bicyclic) bond motifs is 1. The van der Waals surface area contributed by atoms with Crippen LogP contribution >= 0.6 is 0 Å². The lowest BCUT2D eigenvalue weighted by atomic mass is 10.1. The summed E-state index contributed by atoms with van der Waals surface area (Å²) in [6, 6.07) is 16.5. The lowest BCUT2D eigenvalue weighted by Gasteiger charge is -2.36. The Hall–Kier alpha value is -2.73. The molecule has 0 spiro atoms. The molecule has 0 saturated carbocycles. The Morgan fingerprint density at radius 3 is 2.69 bits per heavy atom. The van der Waals surface area contributed by atoms with Crippen molar-refractivity contribution in [3.8, 4) is 5.75 Å². The molecule has 2 aromatic carbocycles. The maximum absolute atomic E-state index is 11.9. The minimum atomic E-state index is -0.568. The van der Waals surface area contributed by atoms with E-state index in [4.69, 9.17) is 14.2 Å². The number of methoxy groups -OCH3 is 1. The zero-order valence-electron chi connectivity index (χ0n) is 19.5. The van der Waals surface area contributed by atoms with E-state index in [1.54, 1.807) is 6.92 Å². The summed E-state index contributed by atoms with van der Waals surface area (Å²) in [4.78, 5) is 14.4. The van der Waals surface area contributed by atoms with E-state index in [1.165, 1.54) is 12.8 Å². The maximum atomic E-state index is 11.9. The van der Waals surface area contributed by atoms with Gasteiger partial charge >= 0.3 is 5.97 Å². The average molecular weight is 441 g/mol. The van der Waals surface area contributed by atoms with Crippen LogP contribution in [-0.2, 0) is 20.7 Å². The predicted octanol–water partition coefficient (Wildman–Crippen LogP) is 4.68. The van der Waals surface area contributed by atoms with Gasteiger partial charge in [0.15, 0.2) is 6.10 Å². The summed E-state index contributed by atoms with van der Waals surface area (Å²) >= 11 is 0. The van der Waals surface area contributed by atoms with Crippen LogP contribution in [0.25, 0.3) is 0 Å². The van der Waals surface area contributed by atoms with Crippen molar-refractivity contribution >= 4 is 17.3 Å². The molecule has 6 nitrogen and oxygen atoms in total. The van der Waals surface area contributed by atoms with Crippen molar-refractivity contribution in [2.75, 3.05) is 43.6 Å². The first kappa shape index (κ1) is 23.9. The third-order valence-electron chi connectivity index (χ3n) is 5.68. The topological polar surface area (TPSA) is 60.0 Å². The Morgan fingerprint density at radius 2 is 1.97 bits per heavy atom. The van der Waals surface area contributed by atoms with Gasteiger partial charge in [0.2, 0.25) is 0 Å². The second kappa shape index (κ2) is 12.3. The molecule has 0 amide bonds. The number of anilines is 2. The largest absolute Gasteiger partial charge is 0.486 e. The third-order valence-corrected chi connectivity index (χ3v) is 5.68. The van der Waals surface area contributed by atoms with Crippen molar-refractivity contribution in [2.24, 2.45) is 0 Å². The number of ether oxygens (including phenoxy) is 3. The van der Waals surface area contributed by atoms with Crippen LogP contribution < -0.4 is 15.0 Å². The normalized spacial score (nSPS) is 16.1. The molecule has 174 valence electrons. The van der Waals surface area contributed by atoms with Crippen LogP contribution in [0.5, 0.6) is 5.75 Å². The van der Waals surface area contributed by atoms with E-state index in [1.807, 2.05) is 18.2 Å². The molecular formula is C26H36N2O4. The van der Waals surface area contributed by atoms with Gasteiger partial charge in [0.05, 0.1) is 18.8 Å². The van der Waals surface area contributed by atoms with Gasteiger partial charge in [-0.3, -0.25) is 0 Å². The Labute approximate surface area is 191 Å². The van der Waals surface area contributed by atoms with Gasteiger partial charge in [0.25, 0.3) is 0 Å². The number of carbonyl (C=O) groups excluding carboxylic acids is 1. The Kier molecular flexibility index (Phi) is 9.23. The number of benzene rings is 2. The standard InChI is InChI=1S/C26H36N2O4/c1-4-9-22-19-28(23-10-6-7-11-24(23)32-22)17-8-16-27-21-14-12-20(13-15-21)18-25(30-3)26(29)31-5-2/h6-7,10-15,22,25,27H,4-5,8-9,16-19H2,1-3H3. The molecule has 32 heavy (non-hydrogen) atoms. The highest BCUT2D eigenvalue weighted by Crippen LogP contribution is 2.34. The zero-order valence-corrected chi connectivity index (χ0v) is 19.5. The number of rotatable bonds is 12. The van der Waals surface area contributed by atoms with Gasteiger partial charge in [-0.15, -0.1) is 0 Å². The molecular weight excluding hydrogens is 404 g/mol. The first-order valence-electron chi connectivity index (χ1n) is 11.7. The van der Waals surface area contributed by atoms with Gasteiger partial charge < -0.3 is 24.4 Å². The Bertz CT molecular complexity index is 840. The second-order valence-corrected chi connectivity index (χ2v) is 8.10. The summed E-state index contributed by atoms with van der Waals surface area (Å²) in [6.07, 6.45) is 3.44. The van der Waals surface area contributed by atoms with E-state index in [-0.39, 0.29) is 12.1 Å².